The van der Waals surface area contributed by atoms with E-state index in [-0.39, 0.29) is 11.1 Å². The molecular weight excluding hydrogens is 330 g/mol. The summed E-state index contributed by atoms with van der Waals surface area (Å²) in [4.78, 5) is 0. The number of benzene rings is 2. The molecule has 24 heavy (non-hydrogen) atoms. The summed E-state index contributed by atoms with van der Waals surface area (Å²) in [5, 5.41) is 0. The highest BCUT2D eigenvalue weighted by molar-refractivity contribution is 5.67. The van der Waals surface area contributed by atoms with Gasteiger partial charge in [0.2, 0.25) is 11.7 Å². The fourth-order valence-electron chi connectivity index (χ4n) is 1.81. The van der Waals surface area contributed by atoms with Crippen LogP contribution in [0.15, 0.2) is 84.0 Å². The van der Waals surface area contributed by atoms with Crippen LogP contribution in [-0.4, -0.2) is 0 Å². The lowest BCUT2D eigenvalue weighted by Gasteiger charge is -2.03. The third-order valence-electron chi connectivity index (χ3n) is 3.02. The Morgan fingerprint density at radius 1 is 0.417 bits per heavy atom. The fraction of sp³-hybridized carbons (Fsp3) is 0. The highest BCUT2D eigenvalue weighted by atomic mass is 19.2. The van der Waals surface area contributed by atoms with Gasteiger partial charge >= 0.3 is 0 Å². The van der Waals surface area contributed by atoms with Gasteiger partial charge in [0.1, 0.15) is 0 Å². The number of rotatable bonds is 4. The van der Waals surface area contributed by atoms with E-state index in [0.717, 1.165) is 24.3 Å². The largest absolute Gasteiger partial charge is 0.203 e. The number of hydrogen-bond acceptors (Lipinski definition) is 0. The minimum Gasteiger partial charge on any atom is -0.203 e. The second-order valence-electron chi connectivity index (χ2n) is 4.62. The van der Waals surface area contributed by atoms with Gasteiger partial charge in [-0.3, -0.25) is 0 Å². The molecule has 0 saturated heterocycles. The normalized spacial score (nSPS) is 14.6. The van der Waals surface area contributed by atoms with Crippen molar-refractivity contribution in [2.45, 2.75) is 0 Å². The van der Waals surface area contributed by atoms with Crippen molar-refractivity contribution in [3.63, 3.8) is 0 Å². The maximum Gasteiger partial charge on any atom is 0.200 e. The molecule has 0 spiro atoms. The van der Waals surface area contributed by atoms with Crippen molar-refractivity contribution in [3.8, 4) is 0 Å². The first-order valence-corrected chi connectivity index (χ1v) is 6.71. The van der Waals surface area contributed by atoms with Gasteiger partial charge in [0.25, 0.3) is 0 Å². The van der Waals surface area contributed by atoms with Gasteiger partial charge in [0, 0.05) is 11.1 Å². The maximum atomic E-state index is 13.8. The Kier molecular flexibility index (Phi) is 5.63. The van der Waals surface area contributed by atoms with Gasteiger partial charge in [-0.15, -0.1) is 0 Å². The van der Waals surface area contributed by atoms with Gasteiger partial charge in [0.05, 0.1) is 0 Å². The first kappa shape index (κ1) is 17.6. The van der Waals surface area contributed by atoms with Crippen molar-refractivity contribution in [2.75, 3.05) is 0 Å². The molecule has 0 aliphatic carbocycles. The molecule has 0 aromatic heterocycles. The lowest BCUT2D eigenvalue weighted by Crippen LogP contribution is -1.90. The molecule has 0 bridgehead atoms. The molecule has 2 aromatic carbocycles. The average molecular weight is 340 g/mol. The monoisotopic (exact) mass is 340 g/mol. The highest BCUT2D eigenvalue weighted by Gasteiger charge is 2.24. The molecule has 0 fully saturated rings. The molecule has 6 heteroatoms. The van der Waals surface area contributed by atoms with E-state index in [4.69, 9.17) is 0 Å². The highest BCUT2D eigenvalue weighted by Crippen LogP contribution is 2.34. The molecule has 0 atom stereocenters. The predicted octanol–water partition coefficient (Wildman–Crippen LogP) is 6.75. The van der Waals surface area contributed by atoms with Crippen LogP contribution in [-0.2, 0) is 0 Å². The summed E-state index contributed by atoms with van der Waals surface area (Å²) in [6.07, 6.45) is 0. The third-order valence-corrected chi connectivity index (χ3v) is 3.02. The molecule has 0 heterocycles. The molecule has 0 aliphatic rings. The van der Waals surface area contributed by atoms with E-state index >= 15 is 0 Å². The van der Waals surface area contributed by atoms with Crippen molar-refractivity contribution >= 4 is 11.7 Å². The zero-order valence-electron chi connectivity index (χ0n) is 12.0. The zero-order chi connectivity index (χ0) is 17.7. The van der Waals surface area contributed by atoms with E-state index in [0.29, 0.717) is 0 Å². The van der Waals surface area contributed by atoms with Crippen LogP contribution in [0.25, 0.3) is 11.7 Å². The summed E-state index contributed by atoms with van der Waals surface area (Å²) < 4.78 is 82.1. The van der Waals surface area contributed by atoms with Crippen molar-refractivity contribution in [1.29, 1.82) is 0 Å². The van der Waals surface area contributed by atoms with Gasteiger partial charge in [-0.05, 0) is 0 Å². The van der Waals surface area contributed by atoms with E-state index < -0.39 is 35.0 Å². The van der Waals surface area contributed by atoms with Crippen molar-refractivity contribution in [2.24, 2.45) is 0 Å². The lowest BCUT2D eigenvalue weighted by molar-refractivity contribution is 0.461. The van der Waals surface area contributed by atoms with Crippen LogP contribution in [0.5, 0.6) is 0 Å². The van der Waals surface area contributed by atoms with E-state index in [1.165, 1.54) is 36.4 Å². The van der Waals surface area contributed by atoms with E-state index in [9.17, 15) is 26.3 Å². The van der Waals surface area contributed by atoms with Crippen molar-refractivity contribution in [3.05, 3.63) is 95.1 Å². The Hall–Kier alpha value is -2.76. The Labute approximate surface area is 134 Å². The maximum absolute atomic E-state index is 13.8. The smallest absolute Gasteiger partial charge is 0.200 e. The molecule has 124 valence electrons. The topological polar surface area (TPSA) is 0 Å². The van der Waals surface area contributed by atoms with Gasteiger partial charge in [0.15, 0.2) is 23.3 Å². The summed E-state index contributed by atoms with van der Waals surface area (Å²) in [6, 6.07) is 12.8. The molecular formula is C18H10F6. The third kappa shape index (κ3) is 3.76. The molecule has 0 aliphatic heterocycles. The molecule has 0 saturated carbocycles. The van der Waals surface area contributed by atoms with E-state index in [2.05, 4.69) is 0 Å². The summed E-state index contributed by atoms with van der Waals surface area (Å²) in [5.74, 6) is -12.9. The van der Waals surface area contributed by atoms with Crippen LogP contribution in [0, 0.1) is 0 Å². The number of allylic oxidation sites excluding steroid dienone is 4. The first-order chi connectivity index (χ1) is 11.4. The van der Waals surface area contributed by atoms with Crippen LogP contribution in [0.2, 0.25) is 0 Å². The fourth-order valence-corrected chi connectivity index (χ4v) is 1.81. The van der Waals surface area contributed by atoms with Crippen molar-refractivity contribution < 1.29 is 26.3 Å². The number of halogens is 6. The molecule has 2 aromatic rings. The average Bonchev–Trinajstić information content (AvgIpc) is 2.65. The second kappa shape index (κ2) is 7.68. The summed E-state index contributed by atoms with van der Waals surface area (Å²) in [5.41, 5.74) is -0.739. The standard InChI is InChI=1S/C18H10F6/c19-13(11-7-3-1-4-8-11)15(21)17(23)18(24)16(22)14(20)12-9-5-2-6-10-12/h1-10H/b15-13+,16-14+,18-17+. The molecule has 2 rings (SSSR count). The van der Waals surface area contributed by atoms with Gasteiger partial charge in [-0.2, -0.15) is 0 Å². The Morgan fingerprint density at radius 2 is 0.708 bits per heavy atom. The Bertz CT molecular complexity index is 734. The molecule has 0 amide bonds. The van der Waals surface area contributed by atoms with Gasteiger partial charge < -0.3 is 0 Å². The molecule has 0 nitrogen and oxygen atoms in total. The predicted molar refractivity (Wildman–Crippen MR) is 80.4 cm³/mol. The van der Waals surface area contributed by atoms with Crippen LogP contribution < -0.4 is 0 Å². The van der Waals surface area contributed by atoms with Crippen LogP contribution in [0.4, 0.5) is 26.3 Å². The lowest BCUT2D eigenvalue weighted by atomic mass is 10.1. The summed E-state index contributed by atoms with van der Waals surface area (Å²) >= 11 is 0. The summed E-state index contributed by atoms with van der Waals surface area (Å²) in [6.45, 7) is 0. The van der Waals surface area contributed by atoms with Crippen LogP contribution in [0.3, 0.4) is 0 Å². The molecule has 0 N–H and O–H groups in total. The quantitative estimate of drug-likeness (QED) is 0.426. The van der Waals surface area contributed by atoms with Crippen LogP contribution in [0.1, 0.15) is 11.1 Å². The van der Waals surface area contributed by atoms with Gasteiger partial charge in [-0.25, -0.2) is 26.3 Å². The summed E-state index contributed by atoms with van der Waals surface area (Å²) in [7, 11) is 0. The minimum absolute atomic E-state index is 0.370. The van der Waals surface area contributed by atoms with Gasteiger partial charge in [-0.1, -0.05) is 60.7 Å². The number of hydrogen-bond donors (Lipinski definition) is 0. The van der Waals surface area contributed by atoms with E-state index in [1.807, 2.05) is 0 Å². The van der Waals surface area contributed by atoms with E-state index in [1.54, 1.807) is 0 Å². The second-order valence-corrected chi connectivity index (χ2v) is 4.62. The first-order valence-electron chi connectivity index (χ1n) is 6.71. The molecule has 0 radical (unpaired) electrons. The van der Waals surface area contributed by atoms with Crippen LogP contribution >= 0.6 is 0 Å². The SMILES string of the molecule is FC(=C(F)\C(F)=C(/F)c1ccccc1)/C(F)=C(\F)c1ccccc1. The molecule has 0 unspecified atom stereocenters. The Morgan fingerprint density at radius 3 is 1.00 bits per heavy atom. The Balaban J connectivity index is 2.47. The van der Waals surface area contributed by atoms with Crippen molar-refractivity contribution in [1.82, 2.24) is 0 Å². The minimum atomic E-state index is -2.46. The zero-order valence-corrected chi connectivity index (χ0v) is 12.0.